The maximum atomic E-state index is 13.8. The summed E-state index contributed by atoms with van der Waals surface area (Å²) in [5, 5.41) is 7.20. The zero-order valence-corrected chi connectivity index (χ0v) is 12.7. The number of aromatic nitrogens is 3. The molecule has 0 atom stereocenters. The molecule has 3 aromatic rings. The van der Waals surface area contributed by atoms with Crippen LogP contribution in [-0.4, -0.2) is 20.7 Å². The molecule has 0 saturated heterocycles. The van der Waals surface area contributed by atoms with Crippen molar-refractivity contribution in [2.45, 2.75) is 6.54 Å². The maximum Gasteiger partial charge on any atom is 0.256 e. The molecule has 0 aliphatic rings. The molecule has 0 aliphatic carbocycles. The van der Waals surface area contributed by atoms with Gasteiger partial charge >= 0.3 is 0 Å². The van der Waals surface area contributed by atoms with Crippen molar-refractivity contribution in [3.63, 3.8) is 0 Å². The summed E-state index contributed by atoms with van der Waals surface area (Å²) in [5.74, 6) is -0.309. The largest absolute Gasteiger partial charge is 0.305 e. The fourth-order valence-electron chi connectivity index (χ4n) is 2.05. The van der Waals surface area contributed by atoms with Crippen molar-refractivity contribution in [2.75, 3.05) is 5.32 Å². The van der Waals surface area contributed by atoms with E-state index in [4.69, 9.17) is 11.6 Å². The summed E-state index contributed by atoms with van der Waals surface area (Å²) < 4.78 is 15.3. The molecule has 1 aromatic carbocycles. The molecule has 0 saturated carbocycles. The fourth-order valence-corrected chi connectivity index (χ4v) is 2.28. The highest BCUT2D eigenvalue weighted by atomic mass is 35.5. The smallest absolute Gasteiger partial charge is 0.256 e. The molecule has 0 bridgehead atoms. The highest BCUT2D eigenvalue weighted by Gasteiger charge is 2.10. The second kappa shape index (κ2) is 6.58. The first-order valence-corrected chi connectivity index (χ1v) is 7.19. The van der Waals surface area contributed by atoms with Gasteiger partial charge in [-0.3, -0.25) is 14.5 Å². The van der Waals surface area contributed by atoms with Crippen LogP contribution in [0.3, 0.4) is 0 Å². The van der Waals surface area contributed by atoms with Crippen LogP contribution in [0, 0.1) is 5.82 Å². The van der Waals surface area contributed by atoms with Gasteiger partial charge in [-0.2, -0.15) is 5.10 Å². The van der Waals surface area contributed by atoms with Crippen LogP contribution in [0.1, 0.15) is 15.9 Å². The lowest BCUT2D eigenvalue weighted by Gasteiger charge is -2.06. The predicted molar refractivity (Wildman–Crippen MR) is 84.9 cm³/mol. The quantitative estimate of drug-likeness (QED) is 0.798. The summed E-state index contributed by atoms with van der Waals surface area (Å²) in [4.78, 5) is 15.9. The number of carbonyl (C=O) groups excluding carboxylic acids is 1. The Labute approximate surface area is 136 Å². The number of halogens is 2. The minimum absolute atomic E-state index is 0.177. The molecular formula is C16H12ClFN4O. The summed E-state index contributed by atoms with van der Waals surface area (Å²) in [5.41, 5.74) is 0.830. The highest BCUT2D eigenvalue weighted by Crippen LogP contribution is 2.20. The van der Waals surface area contributed by atoms with E-state index in [1.165, 1.54) is 23.1 Å². The Kier molecular flexibility index (Phi) is 4.34. The molecule has 5 nitrogen and oxygen atoms in total. The first kappa shape index (κ1) is 15.2. The van der Waals surface area contributed by atoms with Gasteiger partial charge in [0, 0.05) is 40.8 Å². The van der Waals surface area contributed by atoms with Gasteiger partial charge in [-0.25, -0.2) is 4.39 Å². The van der Waals surface area contributed by atoms with Crippen molar-refractivity contribution in [1.82, 2.24) is 14.8 Å². The lowest BCUT2D eigenvalue weighted by molar-refractivity contribution is 0.102. The second-order valence-electron chi connectivity index (χ2n) is 4.79. The van der Waals surface area contributed by atoms with Gasteiger partial charge in [0.25, 0.3) is 5.91 Å². The van der Waals surface area contributed by atoms with Gasteiger partial charge in [-0.1, -0.05) is 17.7 Å². The zero-order valence-electron chi connectivity index (χ0n) is 11.9. The number of rotatable bonds is 4. The topological polar surface area (TPSA) is 59.8 Å². The van der Waals surface area contributed by atoms with E-state index in [1.54, 1.807) is 36.5 Å². The number of hydrogen-bond acceptors (Lipinski definition) is 3. The number of carbonyl (C=O) groups is 1. The predicted octanol–water partition coefficient (Wildman–Crippen LogP) is 3.37. The molecule has 1 N–H and O–H groups in total. The summed E-state index contributed by atoms with van der Waals surface area (Å²) in [7, 11) is 0. The van der Waals surface area contributed by atoms with Crippen LogP contribution in [-0.2, 0) is 6.54 Å². The van der Waals surface area contributed by atoms with Crippen LogP contribution in [0.5, 0.6) is 0 Å². The maximum absolute atomic E-state index is 13.8. The van der Waals surface area contributed by atoms with Crippen LogP contribution in [0.15, 0.2) is 55.0 Å². The van der Waals surface area contributed by atoms with Crippen molar-refractivity contribution in [3.8, 4) is 0 Å². The number of hydrogen-bond donors (Lipinski definition) is 1. The van der Waals surface area contributed by atoms with Crippen LogP contribution in [0.25, 0.3) is 0 Å². The van der Waals surface area contributed by atoms with Crippen molar-refractivity contribution >= 4 is 23.3 Å². The van der Waals surface area contributed by atoms with E-state index in [-0.39, 0.29) is 12.5 Å². The monoisotopic (exact) mass is 330 g/mol. The van der Waals surface area contributed by atoms with E-state index < -0.39 is 5.82 Å². The molecule has 2 heterocycles. The lowest BCUT2D eigenvalue weighted by atomic mass is 10.2. The molecule has 0 fully saturated rings. The second-order valence-corrected chi connectivity index (χ2v) is 5.20. The highest BCUT2D eigenvalue weighted by molar-refractivity contribution is 6.31. The molecular weight excluding hydrogens is 319 g/mol. The summed E-state index contributed by atoms with van der Waals surface area (Å²) in [6.07, 6.45) is 4.71. The first-order valence-electron chi connectivity index (χ1n) is 6.81. The minimum atomic E-state index is -0.393. The van der Waals surface area contributed by atoms with E-state index in [1.807, 2.05) is 0 Å². The van der Waals surface area contributed by atoms with Crippen LogP contribution < -0.4 is 5.32 Å². The van der Waals surface area contributed by atoms with Gasteiger partial charge in [0.1, 0.15) is 5.82 Å². The number of pyridine rings is 1. The number of benzene rings is 1. The van der Waals surface area contributed by atoms with Crippen molar-refractivity contribution < 1.29 is 9.18 Å². The van der Waals surface area contributed by atoms with Crippen molar-refractivity contribution in [2.24, 2.45) is 0 Å². The van der Waals surface area contributed by atoms with Crippen LogP contribution in [0.4, 0.5) is 10.2 Å². The minimum Gasteiger partial charge on any atom is -0.305 e. The van der Waals surface area contributed by atoms with Gasteiger partial charge in [0.05, 0.1) is 6.54 Å². The fraction of sp³-hybridized carbons (Fsp3) is 0.0625. The molecule has 23 heavy (non-hydrogen) atoms. The van der Waals surface area contributed by atoms with Gasteiger partial charge in [-0.15, -0.1) is 0 Å². The average molecular weight is 331 g/mol. The number of amides is 1. The van der Waals surface area contributed by atoms with E-state index >= 15 is 0 Å². The molecule has 3 rings (SSSR count). The summed E-state index contributed by atoms with van der Waals surface area (Å²) >= 11 is 5.99. The van der Waals surface area contributed by atoms with Crippen LogP contribution >= 0.6 is 11.6 Å². The van der Waals surface area contributed by atoms with Crippen molar-refractivity contribution in [1.29, 1.82) is 0 Å². The Bertz CT molecular complexity index is 815. The number of nitrogens with zero attached hydrogens (tertiary/aromatic N) is 3. The summed E-state index contributed by atoms with van der Waals surface area (Å²) in [6, 6.07) is 9.35. The Balaban J connectivity index is 1.72. The molecule has 7 heteroatoms. The Morgan fingerprint density at radius 1 is 1.22 bits per heavy atom. The van der Waals surface area contributed by atoms with Gasteiger partial charge in [0.2, 0.25) is 0 Å². The standard InChI is InChI=1S/C16H12ClFN4O/c17-13-2-1-3-14(18)12(13)10-22-9-6-15(21-22)20-16(23)11-4-7-19-8-5-11/h1-9H,10H2,(H,20,21,23). The number of anilines is 1. The molecule has 0 aliphatic heterocycles. The molecule has 1 amide bonds. The van der Waals surface area contributed by atoms with Gasteiger partial charge in [0.15, 0.2) is 5.82 Å². The van der Waals surface area contributed by atoms with E-state index in [0.717, 1.165) is 0 Å². The molecule has 116 valence electrons. The molecule has 0 spiro atoms. The first-order chi connectivity index (χ1) is 11.1. The average Bonchev–Trinajstić information content (AvgIpc) is 2.99. The third-order valence-electron chi connectivity index (χ3n) is 3.21. The Morgan fingerprint density at radius 2 is 2.00 bits per heavy atom. The van der Waals surface area contributed by atoms with Crippen molar-refractivity contribution in [3.05, 3.63) is 77.0 Å². The summed E-state index contributed by atoms with van der Waals surface area (Å²) in [6.45, 7) is 0.177. The Morgan fingerprint density at radius 3 is 2.74 bits per heavy atom. The third-order valence-corrected chi connectivity index (χ3v) is 3.56. The Hall–Kier alpha value is -2.73. The van der Waals surface area contributed by atoms with Gasteiger partial charge in [-0.05, 0) is 24.3 Å². The molecule has 0 radical (unpaired) electrons. The third kappa shape index (κ3) is 3.54. The molecule has 0 unspecified atom stereocenters. The lowest BCUT2D eigenvalue weighted by Crippen LogP contribution is -2.13. The van der Waals surface area contributed by atoms with Gasteiger partial charge < -0.3 is 5.32 Å². The molecule has 2 aromatic heterocycles. The normalized spacial score (nSPS) is 10.5. The van der Waals surface area contributed by atoms with E-state index in [2.05, 4.69) is 15.4 Å². The SMILES string of the molecule is O=C(Nc1ccn(Cc2c(F)cccc2Cl)n1)c1ccncc1. The zero-order chi connectivity index (χ0) is 16.2. The van der Waals surface area contributed by atoms with Crippen LogP contribution in [0.2, 0.25) is 5.02 Å². The number of nitrogens with one attached hydrogen (secondary N) is 1. The van der Waals surface area contributed by atoms with E-state index in [0.29, 0.717) is 22.0 Å². The van der Waals surface area contributed by atoms with E-state index in [9.17, 15) is 9.18 Å².